The fraction of sp³-hybridized carbons (Fsp3) is 0.471. The monoisotopic (exact) mass is 319 g/mol. The molecular weight excluding hydrogens is 298 g/mol. The highest BCUT2D eigenvalue weighted by Gasteiger charge is 2.51. The van der Waals surface area contributed by atoms with Gasteiger partial charge in [0.05, 0.1) is 6.61 Å². The molecule has 124 valence electrons. The normalized spacial score (nSPS) is 14.8. The Balaban J connectivity index is 1.80. The highest BCUT2D eigenvalue weighted by molar-refractivity contribution is 5.98. The van der Waals surface area contributed by atoms with Crippen molar-refractivity contribution in [3.8, 4) is 5.75 Å². The van der Waals surface area contributed by atoms with E-state index in [1.165, 1.54) is 0 Å². The van der Waals surface area contributed by atoms with Crippen LogP contribution in [0.1, 0.15) is 49.4 Å². The molecular formula is C17H21NO5. The summed E-state index contributed by atoms with van der Waals surface area (Å²) in [4.78, 5) is 34.8. The second kappa shape index (κ2) is 7.26. The maximum absolute atomic E-state index is 12.1. The van der Waals surface area contributed by atoms with Crippen molar-refractivity contribution in [3.05, 3.63) is 29.8 Å². The SMILES string of the molecule is CCCOc1ccc(C(=O)CCC(=O)NC2(C(=O)O)CC2)cc1. The van der Waals surface area contributed by atoms with Crippen molar-refractivity contribution in [1.82, 2.24) is 5.32 Å². The quantitative estimate of drug-likeness (QED) is 0.681. The summed E-state index contributed by atoms with van der Waals surface area (Å²) in [5.74, 6) is -0.860. The lowest BCUT2D eigenvalue weighted by Crippen LogP contribution is -2.43. The molecule has 0 heterocycles. The van der Waals surface area contributed by atoms with Crippen LogP contribution in [0.4, 0.5) is 0 Å². The van der Waals surface area contributed by atoms with Crippen LogP contribution in [-0.4, -0.2) is 34.9 Å². The van der Waals surface area contributed by atoms with Gasteiger partial charge in [0, 0.05) is 18.4 Å². The van der Waals surface area contributed by atoms with Gasteiger partial charge in [-0.25, -0.2) is 4.79 Å². The Bertz CT molecular complexity index is 590. The number of carboxylic acids is 1. The number of Topliss-reactive ketones (excluding diaryl/α,β-unsaturated/α-hetero) is 1. The van der Waals surface area contributed by atoms with Crippen LogP contribution in [0, 0.1) is 0 Å². The molecule has 6 nitrogen and oxygen atoms in total. The van der Waals surface area contributed by atoms with Crippen molar-refractivity contribution in [2.75, 3.05) is 6.61 Å². The molecule has 0 atom stereocenters. The molecule has 0 bridgehead atoms. The van der Waals surface area contributed by atoms with Gasteiger partial charge in [-0.2, -0.15) is 0 Å². The molecule has 1 amide bonds. The number of ether oxygens (including phenoxy) is 1. The second-order valence-electron chi connectivity index (χ2n) is 5.73. The minimum atomic E-state index is -1.10. The lowest BCUT2D eigenvalue weighted by atomic mass is 10.1. The lowest BCUT2D eigenvalue weighted by molar-refractivity contribution is -0.143. The van der Waals surface area contributed by atoms with Crippen molar-refractivity contribution in [2.45, 2.75) is 44.6 Å². The van der Waals surface area contributed by atoms with Crippen molar-refractivity contribution in [2.24, 2.45) is 0 Å². The number of carbonyl (C=O) groups is 3. The molecule has 6 heteroatoms. The van der Waals surface area contributed by atoms with Gasteiger partial charge in [-0.15, -0.1) is 0 Å². The minimum Gasteiger partial charge on any atom is -0.494 e. The number of rotatable bonds is 9. The van der Waals surface area contributed by atoms with Crippen LogP contribution in [-0.2, 0) is 9.59 Å². The van der Waals surface area contributed by atoms with Crippen LogP contribution in [0.3, 0.4) is 0 Å². The van der Waals surface area contributed by atoms with Crippen molar-refractivity contribution >= 4 is 17.7 Å². The highest BCUT2D eigenvalue weighted by atomic mass is 16.5. The van der Waals surface area contributed by atoms with Crippen LogP contribution >= 0.6 is 0 Å². The van der Waals surface area contributed by atoms with Gasteiger partial charge in [0.15, 0.2) is 5.78 Å². The minimum absolute atomic E-state index is 0.0120. The number of benzene rings is 1. The number of hydrogen-bond donors (Lipinski definition) is 2. The molecule has 0 unspecified atom stereocenters. The second-order valence-corrected chi connectivity index (χ2v) is 5.73. The van der Waals surface area contributed by atoms with Crippen molar-refractivity contribution in [3.63, 3.8) is 0 Å². The summed E-state index contributed by atoms with van der Waals surface area (Å²) in [6, 6.07) is 6.80. The molecule has 1 aliphatic carbocycles. The van der Waals surface area contributed by atoms with Gasteiger partial charge in [0.1, 0.15) is 11.3 Å². The van der Waals surface area contributed by atoms with E-state index in [0.29, 0.717) is 30.8 Å². The lowest BCUT2D eigenvalue weighted by Gasteiger charge is -2.12. The number of carboxylic acid groups (broad SMARTS) is 1. The third kappa shape index (κ3) is 4.55. The van der Waals surface area contributed by atoms with Gasteiger partial charge < -0.3 is 15.2 Å². The highest BCUT2D eigenvalue weighted by Crippen LogP contribution is 2.35. The first-order chi connectivity index (χ1) is 11.0. The molecule has 1 aromatic carbocycles. The molecule has 0 saturated heterocycles. The molecule has 0 aromatic heterocycles. The Labute approximate surface area is 134 Å². The zero-order chi connectivity index (χ0) is 16.9. The summed E-state index contributed by atoms with van der Waals surface area (Å²) in [6.07, 6.45) is 1.84. The van der Waals surface area contributed by atoms with Crippen molar-refractivity contribution in [1.29, 1.82) is 0 Å². The standard InChI is InChI=1S/C17H21NO5/c1-2-11-23-13-5-3-12(4-6-13)14(19)7-8-15(20)18-17(9-10-17)16(21)22/h3-6H,2,7-11H2,1H3,(H,18,20)(H,21,22). The Kier molecular flexibility index (Phi) is 5.36. The van der Waals surface area contributed by atoms with E-state index in [1.807, 2.05) is 6.92 Å². The first kappa shape index (κ1) is 17.0. The van der Waals surface area contributed by atoms with Crippen LogP contribution in [0.15, 0.2) is 24.3 Å². The van der Waals surface area contributed by atoms with E-state index in [-0.39, 0.29) is 18.6 Å². The fourth-order valence-electron chi connectivity index (χ4n) is 2.18. The van der Waals surface area contributed by atoms with Gasteiger partial charge in [-0.3, -0.25) is 9.59 Å². The Morgan fingerprint density at radius 3 is 2.35 bits per heavy atom. The van der Waals surface area contributed by atoms with Crippen LogP contribution in [0.25, 0.3) is 0 Å². The summed E-state index contributed by atoms with van der Waals surface area (Å²) in [6.45, 7) is 2.64. The predicted octanol–water partition coefficient (Wildman–Crippen LogP) is 2.17. The Morgan fingerprint density at radius 2 is 1.83 bits per heavy atom. The number of amides is 1. The van der Waals surface area contributed by atoms with Gasteiger partial charge in [-0.1, -0.05) is 6.92 Å². The Morgan fingerprint density at radius 1 is 1.17 bits per heavy atom. The molecule has 2 rings (SSSR count). The number of carbonyl (C=O) groups excluding carboxylic acids is 2. The average Bonchev–Trinajstić information content (AvgIpc) is 3.32. The van der Waals surface area contributed by atoms with E-state index in [1.54, 1.807) is 24.3 Å². The number of ketones is 1. The maximum Gasteiger partial charge on any atom is 0.329 e. The van der Waals surface area contributed by atoms with Gasteiger partial charge >= 0.3 is 5.97 Å². The number of nitrogens with one attached hydrogen (secondary N) is 1. The summed E-state index contributed by atoms with van der Waals surface area (Å²) in [7, 11) is 0. The summed E-state index contributed by atoms with van der Waals surface area (Å²) in [5.41, 5.74) is -0.584. The molecule has 0 radical (unpaired) electrons. The van der Waals surface area contributed by atoms with Gasteiger partial charge in [0.2, 0.25) is 5.91 Å². The van der Waals surface area contributed by atoms with E-state index in [0.717, 1.165) is 6.42 Å². The molecule has 1 aliphatic rings. The fourth-order valence-corrected chi connectivity index (χ4v) is 2.18. The summed E-state index contributed by atoms with van der Waals surface area (Å²) >= 11 is 0. The topological polar surface area (TPSA) is 92.7 Å². The van der Waals surface area contributed by atoms with E-state index < -0.39 is 17.4 Å². The average molecular weight is 319 g/mol. The van der Waals surface area contributed by atoms with Crippen LogP contribution in [0.5, 0.6) is 5.75 Å². The molecule has 0 aliphatic heterocycles. The molecule has 2 N–H and O–H groups in total. The molecule has 1 saturated carbocycles. The van der Waals surface area contributed by atoms with E-state index in [2.05, 4.69) is 5.32 Å². The van der Waals surface area contributed by atoms with Crippen LogP contribution < -0.4 is 10.1 Å². The first-order valence-corrected chi connectivity index (χ1v) is 7.77. The third-order valence-corrected chi connectivity index (χ3v) is 3.77. The zero-order valence-corrected chi connectivity index (χ0v) is 13.1. The van der Waals surface area contributed by atoms with Gasteiger partial charge in [0.25, 0.3) is 0 Å². The maximum atomic E-state index is 12.1. The largest absolute Gasteiger partial charge is 0.494 e. The number of aliphatic carboxylic acids is 1. The molecule has 1 fully saturated rings. The Hall–Kier alpha value is -2.37. The van der Waals surface area contributed by atoms with E-state index in [4.69, 9.17) is 9.84 Å². The van der Waals surface area contributed by atoms with E-state index >= 15 is 0 Å². The molecule has 1 aromatic rings. The molecule has 0 spiro atoms. The third-order valence-electron chi connectivity index (χ3n) is 3.77. The molecule has 23 heavy (non-hydrogen) atoms. The predicted molar refractivity (Wildman–Crippen MR) is 83.5 cm³/mol. The van der Waals surface area contributed by atoms with Gasteiger partial charge in [-0.05, 0) is 43.5 Å². The summed E-state index contributed by atoms with van der Waals surface area (Å²) in [5, 5.41) is 11.5. The van der Waals surface area contributed by atoms with Crippen LogP contribution in [0.2, 0.25) is 0 Å². The smallest absolute Gasteiger partial charge is 0.329 e. The summed E-state index contributed by atoms with van der Waals surface area (Å²) < 4.78 is 5.44. The first-order valence-electron chi connectivity index (χ1n) is 7.77. The van der Waals surface area contributed by atoms with Crippen molar-refractivity contribution < 1.29 is 24.2 Å². The van der Waals surface area contributed by atoms with E-state index in [9.17, 15) is 14.4 Å². The zero-order valence-electron chi connectivity index (χ0n) is 13.1. The number of hydrogen-bond acceptors (Lipinski definition) is 4.